The van der Waals surface area contributed by atoms with Crippen molar-refractivity contribution in [2.45, 2.75) is 51.5 Å². The summed E-state index contributed by atoms with van der Waals surface area (Å²) in [6.07, 6.45) is 3.34. The van der Waals surface area contributed by atoms with E-state index in [1.807, 2.05) is 13.8 Å². The lowest BCUT2D eigenvalue weighted by Crippen LogP contribution is -2.27. The first kappa shape index (κ1) is 17.7. The minimum atomic E-state index is -3.81. The molecule has 1 aromatic heterocycles. The predicted molar refractivity (Wildman–Crippen MR) is 82.6 cm³/mol. The number of amides is 1. The third kappa shape index (κ3) is 5.17. The van der Waals surface area contributed by atoms with Crippen molar-refractivity contribution in [3.8, 4) is 0 Å². The molecule has 0 unspecified atom stereocenters. The molecule has 0 aliphatic rings. The molecule has 0 saturated carbocycles. The zero-order valence-corrected chi connectivity index (χ0v) is 13.9. The van der Waals surface area contributed by atoms with Crippen LogP contribution in [0.2, 0.25) is 0 Å². The Labute approximate surface area is 126 Å². The first-order valence-electron chi connectivity index (χ1n) is 7.15. The van der Waals surface area contributed by atoms with Crippen LogP contribution >= 0.6 is 0 Å². The Hall–Kier alpha value is -1.34. The number of primary sulfonamides is 1. The molecule has 6 nitrogen and oxygen atoms in total. The molecule has 1 amide bonds. The lowest BCUT2D eigenvalue weighted by Gasteiger charge is -2.13. The highest BCUT2D eigenvalue weighted by Gasteiger charge is 2.20. The smallest absolute Gasteiger partial charge is 0.267 e. The minimum Gasteiger partial charge on any atom is -0.351 e. The van der Waals surface area contributed by atoms with E-state index in [9.17, 15) is 13.2 Å². The van der Waals surface area contributed by atoms with E-state index in [4.69, 9.17) is 5.14 Å². The Morgan fingerprint density at radius 2 is 1.95 bits per heavy atom. The predicted octanol–water partition coefficient (Wildman–Crippen LogP) is 1.88. The number of aromatic nitrogens is 1. The Bertz CT molecular complexity index is 589. The summed E-state index contributed by atoms with van der Waals surface area (Å²) in [6, 6.07) is 1.30. The van der Waals surface area contributed by atoms with Gasteiger partial charge in [-0.2, -0.15) is 0 Å². The Morgan fingerprint density at radius 1 is 1.33 bits per heavy atom. The number of rotatable bonds is 7. The number of carbonyl (C=O) groups is 1. The van der Waals surface area contributed by atoms with Gasteiger partial charge in [-0.3, -0.25) is 4.79 Å². The quantitative estimate of drug-likeness (QED) is 0.752. The summed E-state index contributed by atoms with van der Waals surface area (Å²) in [6.45, 7) is 8.59. The summed E-state index contributed by atoms with van der Waals surface area (Å²) < 4.78 is 24.4. The third-order valence-corrected chi connectivity index (χ3v) is 4.07. The molecule has 0 aliphatic heterocycles. The van der Waals surface area contributed by atoms with Crippen LogP contribution in [-0.4, -0.2) is 25.4 Å². The number of sulfonamides is 1. The standard InChI is InChI=1S/C14H25N3O3S/c1-10(2)6-5-7-16-14(18)13-8-12(21(15,19)20)9-17(13)11(3)4/h8-11H,5-7H2,1-4H3,(H,16,18)(H2,15,19,20). The molecule has 0 aliphatic carbocycles. The molecular weight excluding hydrogens is 290 g/mol. The zero-order chi connectivity index (χ0) is 16.2. The van der Waals surface area contributed by atoms with Gasteiger partial charge in [0.25, 0.3) is 5.91 Å². The van der Waals surface area contributed by atoms with Crippen molar-refractivity contribution < 1.29 is 13.2 Å². The van der Waals surface area contributed by atoms with Gasteiger partial charge in [0, 0.05) is 18.8 Å². The average Bonchev–Trinajstić information content (AvgIpc) is 2.79. The molecule has 0 saturated heterocycles. The SMILES string of the molecule is CC(C)CCCNC(=O)c1cc(S(N)(=O)=O)cn1C(C)C. The lowest BCUT2D eigenvalue weighted by molar-refractivity contribution is 0.0941. The normalized spacial score (nSPS) is 12.1. The molecule has 0 spiro atoms. The summed E-state index contributed by atoms with van der Waals surface area (Å²) in [5.41, 5.74) is 0.318. The fourth-order valence-electron chi connectivity index (χ4n) is 2.02. The second-order valence-electron chi connectivity index (χ2n) is 5.90. The van der Waals surface area contributed by atoms with Crippen molar-refractivity contribution in [2.75, 3.05) is 6.54 Å². The van der Waals surface area contributed by atoms with Gasteiger partial charge in [0.2, 0.25) is 10.0 Å². The van der Waals surface area contributed by atoms with E-state index in [-0.39, 0.29) is 16.8 Å². The number of hydrogen-bond donors (Lipinski definition) is 2. The second-order valence-corrected chi connectivity index (χ2v) is 7.46. The zero-order valence-electron chi connectivity index (χ0n) is 13.1. The fourth-order valence-corrected chi connectivity index (χ4v) is 2.56. The van der Waals surface area contributed by atoms with Crippen molar-refractivity contribution in [2.24, 2.45) is 11.1 Å². The van der Waals surface area contributed by atoms with Crippen LogP contribution in [0.3, 0.4) is 0 Å². The minimum absolute atomic E-state index is 0.0306. The summed E-state index contributed by atoms with van der Waals surface area (Å²) in [4.78, 5) is 12.1. The number of nitrogens with two attached hydrogens (primary N) is 1. The maximum absolute atomic E-state index is 12.2. The van der Waals surface area contributed by atoms with Gasteiger partial charge in [0.05, 0.1) is 0 Å². The fraction of sp³-hybridized carbons (Fsp3) is 0.643. The average molecular weight is 315 g/mol. The molecule has 1 heterocycles. The van der Waals surface area contributed by atoms with Gasteiger partial charge < -0.3 is 9.88 Å². The van der Waals surface area contributed by atoms with E-state index in [1.165, 1.54) is 12.3 Å². The molecular formula is C14H25N3O3S. The molecule has 0 bridgehead atoms. The highest BCUT2D eigenvalue weighted by molar-refractivity contribution is 7.89. The van der Waals surface area contributed by atoms with Crippen LogP contribution in [0.1, 0.15) is 57.1 Å². The number of nitrogens with zero attached hydrogens (tertiary/aromatic N) is 1. The van der Waals surface area contributed by atoms with Gasteiger partial charge in [-0.05, 0) is 38.7 Å². The Kier molecular flexibility index (Phi) is 5.98. The van der Waals surface area contributed by atoms with E-state index in [1.54, 1.807) is 4.57 Å². The van der Waals surface area contributed by atoms with Crippen LogP contribution in [0.15, 0.2) is 17.2 Å². The first-order chi connectivity index (χ1) is 9.62. The van der Waals surface area contributed by atoms with Crippen LogP contribution in [0.5, 0.6) is 0 Å². The van der Waals surface area contributed by atoms with Crippen LogP contribution in [0, 0.1) is 5.92 Å². The van der Waals surface area contributed by atoms with Gasteiger partial charge >= 0.3 is 0 Å². The summed E-state index contributed by atoms with van der Waals surface area (Å²) >= 11 is 0. The summed E-state index contributed by atoms with van der Waals surface area (Å²) in [5, 5.41) is 7.94. The summed E-state index contributed by atoms with van der Waals surface area (Å²) in [5.74, 6) is 0.317. The van der Waals surface area contributed by atoms with Gasteiger partial charge in [-0.25, -0.2) is 13.6 Å². The molecule has 7 heteroatoms. The van der Waals surface area contributed by atoms with Crippen LogP contribution in [0.25, 0.3) is 0 Å². The monoisotopic (exact) mass is 315 g/mol. The van der Waals surface area contributed by atoms with Gasteiger partial charge in [-0.15, -0.1) is 0 Å². The highest BCUT2D eigenvalue weighted by Crippen LogP contribution is 2.18. The topological polar surface area (TPSA) is 94.2 Å². The van der Waals surface area contributed by atoms with Crippen LogP contribution in [-0.2, 0) is 10.0 Å². The second kappa shape index (κ2) is 7.09. The van der Waals surface area contributed by atoms with Gasteiger partial charge in [0.15, 0.2) is 0 Å². The lowest BCUT2D eigenvalue weighted by atomic mass is 10.1. The van der Waals surface area contributed by atoms with E-state index in [2.05, 4.69) is 19.2 Å². The molecule has 1 rings (SSSR count). The molecule has 0 radical (unpaired) electrons. The van der Waals surface area contributed by atoms with Crippen LogP contribution in [0.4, 0.5) is 0 Å². The van der Waals surface area contributed by atoms with E-state index >= 15 is 0 Å². The van der Waals surface area contributed by atoms with Crippen molar-refractivity contribution in [1.29, 1.82) is 0 Å². The van der Waals surface area contributed by atoms with Crippen molar-refractivity contribution in [3.05, 3.63) is 18.0 Å². The molecule has 0 aromatic carbocycles. The molecule has 120 valence electrons. The molecule has 0 fully saturated rings. The first-order valence-corrected chi connectivity index (χ1v) is 8.70. The van der Waals surface area contributed by atoms with Crippen molar-refractivity contribution >= 4 is 15.9 Å². The largest absolute Gasteiger partial charge is 0.351 e. The molecule has 21 heavy (non-hydrogen) atoms. The highest BCUT2D eigenvalue weighted by atomic mass is 32.2. The Morgan fingerprint density at radius 3 is 2.43 bits per heavy atom. The third-order valence-electron chi connectivity index (χ3n) is 3.18. The molecule has 1 aromatic rings. The van der Waals surface area contributed by atoms with Crippen LogP contribution < -0.4 is 10.5 Å². The van der Waals surface area contributed by atoms with E-state index < -0.39 is 10.0 Å². The van der Waals surface area contributed by atoms with E-state index in [0.717, 1.165) is 12.8 Å². The number of hydrogen-bond acceptors (Lipinski definition) is 3. The maximum Gasteiger partial charge on any atom is 0.267 e. The van der Waals surface area contributed by atoms with Gasteiger partial charge in [-0.1, -0.05) is 13.8 Å². The number of carbonyl (C=O) groups excluding carboxylic acids is 1. The molecule has 3 N–H and O–H groups in total. The number of nitrogens with one attached hydrogen (secondary N) is 1. The Balaban J connectivity index is 2.85. The van der Waals surface area contributed by atoms with Crippen molar-refractivity contribution in [1.82, 2.24) is 9.88 Å². The molecule has 0 atom stereocenters. The maximum atomic E-state index is 12.2. The summed E-state index contributed by atoms with van der Waals surface area (Å²) in [7, 11) is -3.81. The van der Waals surface area contributed by atoms with Crippen molar-refractivity contribution in [3.63, 3.8) is 0 Å². The van der Waals surface area contributed by atoms with Gasteiger partial charge in [0.1, 0.15) is 10.6 Å². The van der Waals surface area contributed by atoms with E-state index in [0.29, 0.717) is 18.2 Å².